The lowest BCUT2D eigenvalue weighted by Crippen LogP contribution is -2.15. The normalized spacial score (nSPS) is 17.6. The molecule has 1 aliphatic rings. The molecule has 0 aliphatic heterocycles. The highest BCUT2D eigenvalue weighted by atomic mass is 16.4. The van der Waals surface area contributed by atoms with Crippen LogP contribution in [0.5, 0.6) is 0 Å². The first-order valence-electron chi connectivity index (χ1n) is 8.19. The van der Waals surface area contributed by atoms with Gasteiger partial charge in [0.1, 0.15) is 0 Å². The molecule has 1 atom stereocenters. The molecule has 21 heavy (non-hydrogen) atoms. The summed E-state index contributed by atoms with van der Waals surface area (Å²) < 4.78 is 0. The summed E-state index contributed by atoms with van der Waals surface area (Å²) in [5.74, 6) is 0.768. The van der Waals surface area contributed by atoms with Crippen LogP contribution in [0.15, 0.2) is 18.2 Å². The second-order valence-electron chi connectivity index (χ2n) is 6.49. The lowest BCUT2D eigenvalue weighted by atomic mass is 9.79. The van der Waals surface area contributed by atoms with E-state index in [1.807, 2.05) is 12.1 Å². The SMILES string of the molecule is CC(CCCc1ccc(C(=O)O)c(N)c1)C1CCCCC1. The Morgan fingerprint density at radius 3 is 2.67 bits per heavy atom. The number of nitrogen functional groups attached to an aromatic ring is 1. The first-order chi connectivity index (χ1) is 10.1. The van der Waals surface area contributed by atoms with Crippen molar-refractivity contribution in [3.05, 3.63) is 29.3 Å². The van der Waals surface area contributed by atoms with Crippen LogP contribution in [0.2, 0.25) is 0 Å². The third kappa shape index (κ3) is 4.48. The van der Waals surface area contributed by atoms with Crippen LogP contribution in [-0.2, 0) is 6.42 Å². The molecule has 0 bridgehead atoms. The van der Waals surface area contributed by atoms with Gasteiger partial charge >= 0.3 is 5.97 Å². The summed E-state index contributed by atoms with van der Waals surface area (Å²) in [5, 5.41) is 8.97. The van der Waals surface area contributed by atoms with E-state index in [9.17, 15) is 4.79 Å². The van der Waals surface area contributed by atoms with Crippen molar-refractivity contribution in [3.8, 4) is 0 Å². The van der Waals surface area contributed by atoms with Crippen molar-refractivity contribution >= 4 is 11.7 Å². The van der Waals surface area contributed by atoms with Gasteiger partial charge in [0.25, 0.3) is 0 Å². The fraction of sp³-hybridized carbons (Fsp3) is 0.611. The zero-order valence-electron chi connectivity index (χ0n) is 13.0. The maximum absolute atomic E-state index is 10.9. The Balaban J connectivity index is 1.80. The van der Waals surface area contributed by atoms with Gasteiger partial charge in [-0.05, 0) is 42.4 Å². The molecule has 1 unspecified atom stereocenters. The number of hydrogen-bond donors (Lipinski definition) is 2. The topological polar surface area (TPSA) is 63.3 Å². The number of anilines is 1. The van der Waals surface area contributed by atoms with E-state index in [1.165, 1.54) is 38.5 Å². The van der Waals surface area contributed by atoms with Crippen molar-refractivity contribution in [2.24, 2.45) is 11.8 Å². The average molecular weight is 289 g/mol. The third-order valence-electron chi connectivity index (χ3n) is 4.93. The number of hydrogen-bond acceptors (Lipinski definition) is 2. The van der Waals surface area contributed by atoms with E-state index in [1.54, 1.807) is 6.07 Å². The Kier molecular flexibility index (Phi) is 5.66. The maximum Gasteiger partial charge on any atom is 0.337 e. The highest BCUT2D eigenvalue weighted by Gasteiger charge is 2.19. The Hall–Kier alpha value is -1.51. The van der Waals surface area contributed by atoms with Crippen molar-refractivity contribution in [1.29, 1.82) is 0 Å². The van der Waals surface area contributed by atoms with Crippen molar-refractivity contribution in [2.75, 3.05) is 5.73 Å². The predicted molar refractivity (Wildman–Crippen MR) is 86.5 cm³/mol. The van der Waals surface area contributed by atoms with Gasteiger partial charge in [0.15, 0.2) is 0 Å². The maximum atomic E-state index is 10.9. The molecule has 116 valence electrons. The van der Waals surface area contributed by atoms with Crippen molar-refractivity contribution in [3.63, 3.8) is 0 Å². The number of rotatable bonds is 6. The van der Waals surface area contributed by atoms with Gasteiger partial charge in [0, 0.05) is 5.69 Å². The summed E-state index contributed by atoms with van der Waals surface area (Å²) in [4.78, 5) is 10.9. The van der Waals surface area contributed by atoms with Gasteiger partial charge in [-0.1, -0.05) is 51.5 Å². The molecule has 0 aromatic heterocycles. The quantitative estimate of drug-likeness (QED) is 0.757. The summed E-state index contributed by atoms with van der Waals surface area (Å²) in [7, 11) is 0. The van der Waals surface area contributed by atoms with E-state index in [0.717, 1.165) is 30.2 Å². The molecule has 0 saturated heterocycles. The number of carbonyl (C=O) groups is 1. The van der Waals surface area contributed by atoms with E-state index < -0.39 is 5.97 Å². The Morgan fingerprint density at radius 2 is 2.05 bits per heavy atom. The molecule has 0 heterocycles. The van der Waals surface area contributed by atoms with Crippen molar-refractivity contribution in [1.82, 2.24) is 0 Å². The van der Waals surface area contributed by atoms with E-state index >= 15 is 0 Å². The van der Waals surface area contributed by atoms with E-state index in [-0.39, 0.29) is 5.56 Å². The first kappa shape index (κ1) is 15.9. The zero-order valence-corrected chi connectivity index (χ0v) is 13.0. The smallest absolute Gasteiger partial charge is 0.337 e. The molecule has 0 amide bonds. The van der Waals surface area contributed by atoms with Crippen LogP contribution >= 0.6 is 0 Å². The summed E-state index contributed by atoms with van der Waals surface area (Å²) in [6, 6.07) is 5.33. The minimum Gasteiger partial charge on any atom is -0.478 e. The van der Waals surface area contributed by atoms with Gasteiger partial charge in [-0.25, -0.2) is 4.79 Å². The van der Waals surface area contributed by atoms with Crippen LogP contribution < -0.4 is 5.73 Å². The number of aryl methyl sites for hydroxylation is 1. The highest BCUT2D eigenvalue weighted by Crippen LogP contribution is 2.32. The number of carboxylic acid groups (broad SMARTS) is 1. The summed E-state index contributed by atoms with van der Waals surface area (Å²) in [5.41, 5.74) is 7.51. The van der Waals surface area contributed by atoms with Gasteiger partial charge < -0.3 is 10.8 Å². The number of aromatic carboxylic acids is 1. The van der Waals surface area contributed by atoms with E-state index in [4.69, 9.17) is 10.8 Å². The van der Waals surface area contributed by atoms with Gasteiger partial charge in [-0.15, -0.1) is 0 Å². The first-order valence-corrected chi connectivity index (χ1v) is 8.19. The van der Waals surface area contributed by atoms with Crippen LogP contribution in [0.4, 0.5) is 5.69 Å². The molecule has 3 N–H and O–H groups in total. The Bertz CT molecular complexity index is 478. The predicted octanol–water partition coefficient (Wildman–Crippen LogP) is 4.51. The fourth-order valence-corrected chi connectivity index (χ4v) is 3.53. The molecule has 1 aromatic carbocycles. The second-order valence-corrected chi connectivity index (χ2v) is 6.49. The van der Waals surface area contributed by atoms with Crippen LogP contribution in [-0.4, -0.2) is 11.1 Å². The van der Waals surface area contributed by atoms with Gasteiger partial charge in [-0.2, -0.15) is 0 Å². The van der Waals surface area contributed by atoms with Gasteiger partial charge in [-0.3, -0.25) is 0 Å². The monoisotopic (exact) mass is 289 g/mol. The van der Waals surface area contributed by atoms with Crippen LogP contribution in [0.3, 0.4) is 0 Å². The second kappa shape index (κ2) is 7.48. The molecule has 1 aliphatic carbocycles. The fourth-order valence-electron chi connectivity index (χ4n) is 3.53. The largest absolute Gasteiger partial charge is 0.478 e. The van der Waals surface area contributed by atoms with Crippen molar-refractivity contribution in [2.45, 2.75) is 58.3 Å². The summed E-state index contributed by atoms with van der Waals surface area (Å²) >= 11 is 0. The van der Waals surface area contributed by atoms with Gasteiger partial charge in [0.05, 0.1) is 5.56 Å². The summed E-state index contributed by atoms with van der Waals surface area (Å²) in [6.07, 6.45) is 10.4. The van der Waals surface area contributed by atoms with Gasteiger partial charge in [0.2, 0.25) is 0 Å². The molecule has 3 nitrogen and oxygen atoms in total. The molecule has 0 radical (unpaired) electrons. The van der Waals surface area contributed by atoms with Crippen LogP contribution in [0.25, 0.3) is 0 Å². The molecule has 1 fully saturated rings. The molecule has 0 spiro atoms. The number of carboxylic acids is 1. The molecule has 3 heteroatoms. The Morgan fingerprint density at radius 1 is 1.33 bits per heavy atom. The lowest BCUT2D eigenvalue weighted by Gasteiger charge is -2.27. The molecular formula is C18H27NO2. The third-order valence-corrected chi connectivity index (χ3v) is 4.93. The minimum atomic E-state index is -0.954. The lowest BCUT2D eigenvalue weighted by molar-refractivity contribution is 0.0698. The molecule has 1 aromatic rings. The van der Waals surface area contributed by atoms with Crippen molar-refractivity contribution < 1.29 is 9.90 Å². The minimum absolute atomic E-state index is 0.203. The Labute approximate surface area is 127 Å². The number of nitrogens with two attached hydrogens (primary N) is 1. The molecular weight excluding hydrogens is 262 g/mol. The number of benzene rings is 1. The standard InChI is InChI=1S/C18H27NO2/c1-13(15-8-3-2-4-9-15)6-5-7-14-10-11-16(18(20)21)17(19)12-14/h10-13,15H,2-9,19H2,1H3,(H,20,21). The van der Waals surface area contributed by atoms with Crippen LogP contribution in [0, 0.1) is 11.8 Å². The summed E-state index contributed by atoms with van der Waals surface area (Å²) in [6.45, 7) is 2.39. The molecule has 2 rings (SSSR count). The highest BCUT2D eigenvalue weighted by molar-refractivity contribution is 5.93. The van der Waals surface area contributed by atoms with E-state index in [0.29, 0.717) is 5.69 Å². The average Bonchev–Trinajstić information content (AvgIpc) is 2.47. The zero-order chi connectivity index (χ0) is 15.2. The van der Waals surface area contributed by atoms with Crippen LogP contribution in [0.1, 0.15) is 67.8 Å². The molecule has 1 saturated carbocycles. The van der Waals surface area contributed by atoms with E-state index in [2.05, 4.69) is 6.92 Å².